The summed E-state index contributed by atoms with van der Waals surface area (Å²) in [6, 6.07) is 6.09. The Kier molecular flexibility index (Phi) is 9.61. The fourth-order valence-corrected chi connectivity index (χ4v) is 3.35. The minimum Gasteiger partial charge on any atom is -0.370 e. The third-order valence-electron chi connectivity index (χ3n) is 4.69. The Morgan fingerprint density at radius 2 is 1.85 bits per heavy atom. The molecule has 0 aliphatic carbocycles. The van der Waals surface area contributed by atoms with Gasteiger partial charge in [0.1, 0.15) is 6.04 Å². The van der Waals surface area contributed by atoms with Crippen LogP contribution in [-0.4, -0.2) is 53.6 Å². The first-order valence-corrected chi connectivity index (χ1v) is 10.6. The third-order valence-corrected chi connectivity index (χ3v) is 5.15. The number of hydrogen-bond donors (Lipinski definition) is 6. The van der Waals surface area contributed by atoms with Crippen molar-refractivity contribution in [1.29, 1.82) is 0 Å². The smallest absolute Gasteiger partial charge is 0.252 e. The maximum Gasteiger partial charge on any atom is 0.252 e. The van der Waals surface area contributed by atoms with Crippen LogP contribution in [0, 0.1) is 0 Å². The monoisotopic (exact) mass is 473 g/mol. The number of hydrogen-bond acceptors (Lipinski definition) is 7. The number of rotatable bonds is 12. The van der Waals surface area contributed by atoms with Crippen LogP contribution in [0.15, 0.2) is 40.4 Å². The zero-order chi connectivity index (χ0) is 24.4. The van der Waals surface area contributed by atoms with Gasteiger partial charge in [-0.15, -0.1) is 12.6 Å². The normalized spacial score (nSPS) is 11.4. The average molecular weight is 474 g/mol. The summed E-state index contributed by atoms with van der Waals surface area (Å²) in [6.07, 6.45) is 2.04. The second-order valence-corrected chi connectivity index (χ2v) is 7.68. The number of aliphatic imine (C=N–C) groups is 1. The first-order valence-electron chi connectivity index (χ1n) is 10.2. The molecular formula is C21H27N7O4S. The highest BCUT2D eigenvalue weighted by Gasteiger charge is 2.19. The number of primary amides is 1. The lowest BCUT2D eigenvalue weighted by atomic mass is 10.1. The summed E-state index contributed by atoms with van der Waals surface area (Å²) < 4.78 is 0. The molecule has 0 unspecified atom stereocenters. The second-order valence-electron chi connectivity index (χ2n) is 7.23. The molecule has 2 rings (SSSR count). The van der Waals surface area contributed by atoms with E-state index >= 15 is 0 Å². The van der Waals surface area contributed by atoms with Gasteiger partial charge in [-0.3, -0.25) is 29.2 Å². The number of benzene rings is 1. The number of fused-ring (bicyclic) bond motifs is 1. The van der Waals surface area contributed by atoms with E-state index in [1.54, 1.807) is 24.4 Å². The van der Waals surface area contributed by atoms with E-state index in [1.807, 2.05) is 6.07 Å². The van der Waals surface area contributed by atoms with Gasteiger partial charge in [-0.25, -0.2) is 0 Å². The lowest BCUT2D eigenvalue weighted by Gasteiger charge is -2.15. The summed E-state index contributed by atoms with van der Waals surface area (Å²) in [5, 5.41) is 5.86. The number of pyridine rings is 1. The van der Waals surface area contributed by atoms with Crippen molar-refractivity contribution >= 4 is 53.0 Å². The number of guanidine groups is 1. The molecular weight excluding hydrogens is 446 g/mol. The summed E-state index contributed by atoms with van der Waals surface area (Å²) in [5.41, 5.74) is 16.6. The van der Waals surface area contributed by atoms with Gasteiger partial charge < -0.3 is 27.8 Å². The van der Waals surface area contributed by atoms with Crippen LogP contribution in [0.3, 0.4) is 0 Å². The first kappa shape index (κ1) is 25.6. The molecule has 1 heterocycles. The van der Waals surface area contributed by atoms with Gasteiger partial charge in [0.25, 0.3) is 5.91 Å². The number of carbonyl (C=O) groups excluding carboxylic acids is 4. The predicted octanol–water partition coefficient (Wildman–Crippen LogP) is -0.374. The number of aromatic nitrogens is 1. The summed E-state index contributed by atoms with van der Waals surface area (Å²) in [7, 11) is 0. The number of thiol groups is 1. The van der Waals surface area contributed by atoms with Gasteiger partial charge >= 0.3 is 0 Å². The van der Waals surface area contributed by atoms with Crippen molar-refractivity contribution in [2.24, 2.45) is 22.2 Å². The van der Waals surface area contributed by atoms with E-state index in [2.05, 4.69) is 33.2 Å². The number of nitrogens with one attached hydrogen (secondary N) is 2. The molecule has 11 nitrogen and oxygen atoms in total. The van der Waals surface area contributed by atoms with Gasteiger partial charge in [0.05, 0.1) is 17.6 Å². The van der Waals surface area contributed by atoms with E-state index in [9.17, 15) is 19.2 Å². The van der Waals surface area contributed by atoms with Crippen LogP contribution in [0.25, 0.3) is 10.9 Å². The number of amides is 3. The lowest BCUT2D eigenvalue weighted by molar-refractivity contribution is -0.128. The molecule has 0 aliphatic heterocycles. The van der Waals surface area contributed by atoms with Crippen LogP contribution >= 0.6 is 12.6 Å². The van der Waals surface area contributed by atoms with Crippen LogP contribution in [0.4, 0.5) is 0 Å². The molecule has 33 heavy (non-hydrogen) atoms. The minimum atomic E-state index is -0.892. The highest BCUT2D eigenvalue weighted by atomic mass is 32.1. The molecule has 0 fully saturated rings. The molecule has 176 valence electrons. The maximum absolute atomic E-state index is 12.4. The molecule has 2 aromatic rings. The number of carbonyl (C=O) groups is 4. The van der Waals surface area contributed by atoms with Gasteiger partial charge in [0.15, 0.2) is 11.7 Å². The van der Waals surface area contributed by atoms with Crippen molar-refractivity contribution < 1.29 is 19.2 Å². The van der Waals surface area contributed by atoms with Crippen molar-refractivity contribution in [1.82, 2.24) is 15.6 Å². The number of ketones is 1. The largest absolute Gasteiger partial charge is 0.370 e. The van der Waals surface area contributed by atoms with Gasteiger partial charge in [-0.1, -0.05) is 12.1 Å². The molecule has 0 radical (unpaired) electrons. The fraction of sp³-hybridized carbons (Fsp3) is 0.333. The van der Waals surface area contributed by atoms with Crippen molar-refractivity contribution in [3.63, 3.8) is 0 Å². The van der Waals surface area contributed by atoms with E-state index in [4.69, 9.17) is 17.2 Å². The van der Waals surface area contributed by atoms with Crippen LogP contribution < -0.4 is 27.8 Å². The van der Waals surface area contributed by atoms with Crippen LogP contribution in [0.2, 0.25) is 0 Å². The Labute approximate surface area is 196 Å². The molecule has 0 saturated heterocycles. The van der Waals surface area contributed by atoms with Crippen LogP contribution in [0.5, 0.6) is 0 Å². The van der Waals surface area contributed by atoms with E-state index in [0.29, 0.717) is 28.9 Å². The first-order chi connectivity index (χ1) is 15.7. The zero-order valence-corrected chi connectivity index (χ0v) is 18.8. The molecule has 0 spiro atoms. The van der Waals surface area contributed by atoms with Gasteiger partial charge in [-0.05, 0) is 25.0 Å². The number of Topliss-reactive ketones (excluding diaryl/α,β-unsaturated/α-hetero) is 1. The molecule has 0 saturated carbocycles. The third kappa shape index (κ3) is 8.07. The van der Waals surface area contributed by atoms with Crippen LogP contribution in [-0.2, 0) is 14.4 Å². The Balaban J connectivity index is 1.79. The van der Waals surface area contributed by atoms with E-state index in [0.717, 1.165) is 5.39 Å². The Bertz CT molecular complexity index is 1070. The quantitative estimate of drug-likeness (QED) is 0.105. The summed E-state index contributed by atoms with van der Waals surface area (Å²) >= 11 is 4.39. The topological polar surface area (TPSA) is 196 Å². The SMILES string of the molecule is NC(=O)[C@H](CCCN=C(N)N)NC(=O)CCC(=O)CNC(=O)c1ccc2cccnc2c1S. The van der Waals surface area contributed by atoms with E-state index in [1.165, 1.54) is 0 Å². The Hall–Kier alpha value is -3.67. The predicted molar refractivity (Wildman–Crippen MR) is 127 cm³/mol. The summed E-state index contributed by atoms with van der Waals surface area (Å²) in [6.45, 7) is 0.0405. The molecule has 3 amide bonds. The van der Waals surface area contributed by atoms with Crippen molar-refractivity contribution in [2.45, 2.75) is 36.6 Å². The highest BCUT2D eigenvalue weighted by molar-refractivity contribution is 7.80. The second kappa shape index (κ2) is 12.4. The zero-order valence-electron chi connectivity index (χ0n) is 17.9. The maximum atomic E-state index is 12.4. The van der Waals surface area contributed by atoms with Gasteiger partial charge in [0, 0.05) is 35.9 Å². The Morgan fingerprint density at radius 1 is 1.09 bits per heavy atom. The molecule has 8 N–H and O–H groups in total. The number of nitrogens with zero attached hydrogens (tertiary/aromatic N) is 2. The van der Waals surface area contributed by atoms with Crippen molar-refractivity contribution in [3.8, 4) is 0 Å². The summed E-state index contributed by atoms with van der Waals surface area (Å²) in [5.74, 6) is -2.08. The van der Waals surface area contributed by atoms with Gasteiger partial charge in [0.2, 0.25) is 11.8 Å². The lowest BCUT2D eigenvalue weighted by Crippen LogP contribution is -2.44. The number of nitrogens with two attached hydrogens (primary N) is 3. The van der Waals surface area contributed by atoms with Crippen molar-refractivity contribution in [2.75, 3.05) is 13.1 Å². The Morgan fingerprint density at radius 3 is 2.55 bits per heavy atom. The van der Waals surface area contributed by atoms with E-state index in [-0.39, 0.29) is 37.6 Å². The summed E-state index contributed by atoms with van der Waals surface area (Å²) in [4.78, 5) is 56.6. The van der Waals surface area contributed by atoms with Crippen molar-refractivity contribution in [3.05, 3.63) is 36.0 Å². The minimum absolute atomic E-state index is 0.0665. The molecule has 1 aromatic carbocycles. The molecule has 1 atom stereocenters. The van der Waals surface area contributed by atoms with Crippen LogP contribution in [0.1, 0.15) is 36.0 Å². The molecule has 12 heteroatoms. The fourth-order valence-electron chi connectivity index (χ4n) is 2.98. The molecule has 0 aliphatic rings. The molecule has 0 bridgehead atoms. The molecule has 1 aromatic heterocycles. The average Bonchev–Trinajstić information content (AvgIpc) is 2.78. The van der Waals surface area contributed by atoms with E-state index < -0.39 is 23.8 Å². The standard InChI is InChI=1S/C21H27N7O4S/c22-19(31)15(4-2-10-26-21(23)24)28-16(30)8-6-13(29)11-27-20(32)14-7-5-12-3-1-9-25-17(12)18(14)33/h1,3,5,7,9,15,33H,2,4,6,8,10-11H2,(H2,22,31)(H,27,32)(H,28,30)(H4,23,24,26)/t15-/m0/s1. The highest BCUT2D eigenvalue weighted by Crippen LogP contribution is 2.23. The van der Waals surface area contributed by atoms with Gasteiger partial charge in [-0.2, -0.15) is 0 Å².